The van der Waals surface area contributed by atoms with Gasteiger partial charge in [-0.15, -0.1) is 11.3 Å². The van der Waals surface area contributed by atoms with Crippen LogP contribution in [0.2, 0.25) is 0 Å². The van der Waals surface area contributed by atoms with Crippen LogP contribution in [0.15, 0.2) is 66.7 Å². The molecule has 0 saturated carbocycles. The molecule has 5 rings (SSSR count). The van der Waals surface area contributed by atoms with Crippen molar-refractivity contribution in [2.45, 2.75) is 0 Å². The molecule has 4 heteroatoms. The van der Waals surface area contributed by atoms with Gasteiger partial charge in [0.05, 0.1) is 0 Å². The van der Waals surface area contributed by atoms with E-state index in [-0.39, 0.29) is 5.56 Å². The highest BCUT2D eigenvalue weighted by molar-refractivity contribution is 7.26. The van der Waals surface area contributed by atoms with Crippen molar-refractivity contribution < 1.29 is 13.9 Å². The molecule has 26 heavy (non-hydrogen) atoms. The average molecular weight is 362 g/mol. The summed E-state index contributed by atoms with van der Waals surface area (Å²) in [5.41, 5.74) is 0.887. The summed E-state index contributed by atoms with van der Waals surface area (Å²) in [6.07, 6.45) is 0. The van der Waals surface area contributed by atoms with Gasteiger partial charge < -0.3 is 5.11 Å². The first-order valence-electron chi connectivity index (χ1n) is 8.15. The second-order valence-electron chi connectivity index (χ2n) is 6.20. The van der Waals surface area contributed by atoms with E-state index in [0.29, 0.717) is 5.56 Å². The van der Waals surface area contributed by atoms with Gasteiger partial charge in [0, 0.05) is 31.3 Å². The van der Waals surface area contributed by atoms with Gasteiger partial charge in [-0.05, 0) is 35.0 Å². The standard InChI is InChI=1S/C22H12F2OS/c23-16-10-9-15(21(24)22(16)25)19-13-6-2-1-5-12(13)11-18-20(19)14-7-3-4-8-17(14)26-18/h1-11,25H. The topological polar surface area (TPSA) is 20.2 Å². The zero-order valence-electron chi connectivity index (χ0n) is 13.5. The minimum atomic E-state index is -0.960. The first-order valence-corrected chi connectivity index (χ1v) is 8.97. The predicted molar refractivity (Wildman–Crippen MR) is 104 cm³/mol. The third kappa shape index (κ3) is 2.06. The van der Waals surface area contributed by atoms with Gasteiger partial charge in [0.25, 0.3) is 0 Å². The van der Waals surface area contributed by atoms with E-state index in [9.17, 15) is 13.9 Å². The SMILES string of the molecule is Oc1c(F)ccc(-c2c3ccccc3cc3sc4ccccc4c23)c1F. The van der Waals surface area contributed by atoms with Crippen LogP contribution in [-0.2, 0) is 0 Å². The molecule has 1 N–H and O–H groups in total. The molecule has 5 aromatic rings. The fourth-order valence-corrected chi connectivity index (χ4v) is 4.73. The van der Waals surface area contributed by atoms with Gasteiger partial charge in [0.15, 0.2) is 17.4 Å². The quantitative estimate of drug-likeness (QED) is 0.345. The second kappa shape index (κ2) is 5.51. The largest absolute Gasteiger partial charge is 0.503 e. The number of aromatic hydroxyl groups is 1. The van der Waals surface area contributed by atoms with E-state index < -0.39 is 17.4 Å². The van der Waals surface area contributed by atoms with Gasteiger partial charge in [-0.3, -0.25) is 0 Å². The summed E-state index contributed by atoms with van der Waals surface area (Å²) in [5.74, 6) is -2.83. The highest BCUT2D eigenvalue weighted by Gasteiger charge is 2.20. The Morgan fingerprint density at radius 1 is 0.769 bits per heavy atom. The van der Waals surface area contributed by atoms with E-state index >= 15 is 0 Å². The summed E-state index contributed by atoms with van der Waals surface area (Å²) in [7, 11) is 0. The summed E-state index contributed by atoms with van der Waals surface area (Å²) in [4.78, 5) is 0. The Kier molecular flexibility index (Phi) is 3.24. The first-order chi connectivity index (χ1) is 12.6. The Bertz CT molecular complexity index is 1320. The van der Waals surface area contributed by atoms with Crippen molar-refractivity contribution >= 4 is 42.3 Å². The summed E-state index contributed by atoms with van der Waals surface area (Å²) >= 11 is 1.64. The van der Waals surface area contributed by atoms with Crippen molar-refractivity contribution in [2.24, 2.45) is 0 Å². The Morgan fingerprint density at radius 2 is 1.50 bits per heavy atom. The molecule has 0 aliphatic heterocycles. The number of halogens is 2. The molecule has 0 amide bonds. The molecule has 0 bridgehead atoms. The fraction of sp³-hybridized carbons (Fsp3) is 0. The van der Waals surface area contributed by atoms with E-state index in [0.717, 1.165) is 37.0 Å². The lowest BCUT2D eigenvalue weighted by Crippen LogP contribution is -1.91. The van der Waals surface area contributed by atoms with Crippen LogP contribution >= 0.6 is 11.3 Å². The minimum Gasteiger partial charge on any atom is -0.503 e. The number of phenolic OH excluding ortho intramolecular Hbond substituents is 1. The van der Waals surface area contributed by atoms with Gasteiger partial charge >= 0.3 is 0 Å². The maximum absolute atomic E-state index is 14.8. The van der Waals surface area contributed by atoms with Crippen molar-refractivity contribution in [1.29, 1.82) is 0 Å². The lowest BCUT2D eigenvalue weighted by Gasteiger charge is -2.12. The van der Waals surface area contributed by atoms with Gasteiger partial charge in [0.1, 0.15) is 0 Å². The summed E-state index contributed by atoms with van der Waals surface area (Å²) < 4.78 is 30.6. The van der Waals surface area contributed by atoms with Crippen LogP contribution in [0, 0.1) is 11.6 Å². The third-order valence-electron chi connectivity index (χ3n) is 4.73. The summed E-state index contributed by atoms with van der Waals surface area (Å²) in [6.45, 7) is 0. The molecule has 0 radical (unpaired) electrons. The molecule has 0 unspecified atom stereocenters. The predicted octanol–water partition coefficient (Wildman–Crippen LogP) is 6.86. The van der Waals surface area contributed by atoms with E-state index in [4.69, 9.17) is 0 Å². The molecule has 126 valence electrons. The molecule has 0 saturated heterocycles. The number of hydrogen-bond donors (Lipinski definition) is 1. The Morgan fingerprint density at radius 3 is 2.35 bits per heavy atom. The highest BCUT2D eigenvalue weighted by atomic mass is 32.1. The van der Waals surface area contributed by atoms with E-state index in [1.54, 1.807) is 11.3 Å². The van der Waals surface area contributed by atoms with Crippen molar-refractivity contribution in [1.82, 2.24) is 0 Å². The van der Waals surface area contributed by atoms with Crippen molar-refractivity contribution in [3.63, 3.8) is 0 Å². The van der Waals surface area contributed by atoms with Gasteiger partial charge in [0.2, 0.25) is 0 Å². The summed E-state index contributed by atoms with van der Waals surface area (Å²) in [5, 5.41) is 13.6. The van der Waals surface area contributed by atoms with Gasteiger partial charge in [-0.25, -0.2) is 8.78 Å². The average Bonchev–Trinajstić information content (AvgIpc) is 3.03. The van der Waals surface area contributed by atoms with Crippen LogP contribution in [0.4, 0.5) is 8.78 Å². The van der Waals surface area contributed by atoms with Crippen LogP contribution in [0.3, 0.4) is 0 Å². The highest BCUT2D eigenvalue weighted by Crippen LogP contribution is 2.45. The monoisotopic (exact) mass is 362 g/mol. The minimum absolute atomic E-state index is 0.203. The van der Waals surface area contributed by atoms with E-state index in [2.05, 4.69) is 6.07 Å². The lowest BCUT2D eigenvalue weighted by molar-refractivity contribution is 0.397. The Hall–Kier alpha value is -2.98. The number of rotatable bonds is 1. The number of thiophene rings is 1. The zero-order valence-corrected chi connectivity index (χ0v) is 14.3. The molecule has 0 atom stereocenters. The van der Waals surface area contributed by atoms with E-state index in [1.807, 2.05) is 48.5 Å². The normalized spacial score (nSPS) is 11.6. The molecule has 0 aliphatic carbocycles. The maximum Gasteiger partial charge on any atom is 0.188 e. The number of hydrogen-bond acceptors (Lipinski definition) is 2. The van der Waals surface area contributed by atoms with Crippen LogP contribution in [0.1, 0.15) is 0 Å². The van der Waals surface area contributed by atoms with Crippen LogP contribution in [0.25, 0.3) is 42.1 Å². The zero-order chi connectivity index (χ0) is 17.8. The Labute approximate surface area is 151 Å². The molecule has 0 aliphatic rings. The molecular formula is C22H12F2OS. The van der Waals surface area contributed by atoms with Gasteiger partial charge in [-0.2, -0.15) is 0 Å². The molecule has 1 nitrogen and oxygen atoms in total. The number of phenols is 1. The second-order valence-corrected chi connectivity index (χ2v) is 7.29. The third-order valence-corrected chi connectivity index (χ3v) is 5.84. The molecular weight excluding hydrogens is 350 g/mol. The van der Waals surface area contributed by atoms with Crippen LogP contribution in [-0.4, -0.2) is 5.11 Å². The smallest absolute Gasteiger partial charge is 0.188 e. The maximum atomic E-state index is 14.8. The van der Waals surface area contributed by atoms with Gasteiger partial charge in [-0.1, -0.05) is 42.5 Å². The molecule has 0 fully saturated rings. The van der Waals surface area contributed by atoms with Crippen LogP contribution < -0.4 is 0 Å². The molecule has 1 heterocycles. The fourth-order valence-electron chi connectivity index (χ4n) is 3.56. The van der Waals surface area contributed by atoms with Crippen molar-refractivity contribution in [2.75, 3.05) is 0 Å². The van der Waals surface area contributed by atoms with Crippen molar-refractivity contribution in [3.05, 3.63) is 78.4 Å². The first kappa shape index (κ1) is 15.3. The number of fused-ring (bicyclic) bond motifs is 4. The van der Waals surface area contributed by atoms with Crippen molar-refractivity contribution in [3.8, 4) is 16.9 Å². The molecule has 4 aromatic carbocycles. The molecule has 1 aromatic heterocycles. The summed E-state index contributed by atoms with van der Waals surface area (Å²) in [6, 6.07) is 20.3. The lowest BCUT2D eigenvalue weighted by atomic mass is 9.93. The Balaban J connectivity index is 2.06. The van der Waals surface area contributed by atoms with E-state index in [1.165, 1.54) is 6.07 Å². The molecule has 0 spiro atoms. The van der Waals surface area contributed by atoms with Crippen LogP contribution in [0.5, 0.6) is 5.75 Å². The number of benzene rings is 4.